The lowest BCUT2D eigenvalue weighted by Gasteiger charge is -2.07. The van der Waals surface area contributed by atoms with Crippen molar-refractivity contribution in [2.45, 2.75) is 19.4 Å². The number of rotatable bonds is 3. The molecule has 1 unspecified atom stereocenters. The van der Waals surface area contributed by atoms with Gasteiger partial charge in [0.25, 0.3) is 0 Å². The van der Waals surface area contributed by atoms with Crippen LogP contribution in [0.5, 0.6) is 0 Å². The monoisotopic (exact) mass is 162 g/mol. The molecule has 1 aromatic heterocycles. The molecule has 0 amide bonds. The number of hydrogen-bond donors (Lipinski definition) is 1. The number of pyridine rings is 1. The molecule has 0 aromatic carbocycles. The zero-order valence-corrected chi connectivity index (χ0v) is 7.33. The molecule has 64 valence electrons. The van der Waals surface area contributed by atoms with E-state index >= 15 is 0 Å². The topological polar surface area (TPSA) is 38.9 Å². The maximum absolute atomic E-state index is 5.80. The third-order valence-corrected chi connectivity index (χ3v) is 1.86. The van der Waals surface area contributed by atoms with Crippen molar-refractivity contribution >= 4 is 6.08 Å². The average molecular weight is 162 g/mol. The zero-order valence-electron chi connectivity index (χ0n) is 7.33. The molecule has 1 aromatic rings. The standard InChI is InChI=1S/C10H14N2/c1-3-8-5-6-10(12-7-8)9(11)4-2/h3,5-7,9H,1,4,11H2,2H3. The fourth-order valence-electron chi connectivity index (χ4n) is 0.966. The molecule has 0 spiro atoms. The predicted octanol–water partition coefficient (Wildman–Crippen LogP) is 2.13. The normalized spacial score (nSPS) is 12.5. The smallest absolute Gasteiger partial charge is 0.0571 e. The number of hydrogen-bond acceptors (Lipinski definition) is 2. The molecule has 0 fully saturated rings. The minimum Gasteiger partial charge on any atom is -0.323 e. The van der Waals surface area contributed by atoms with Gasteiger partial charge in [0.05, 0.1) is 5.69 Å². The Bertz CT molecular complexity index is 251. The Morgan fingerprint density at radius 1 is 1.67 bits per heavy atom. The Morgan fingerprint density at radius 3 is 2.83 bits per heavy atom. The van der Waals surface area contributed by atoms with Crippen LogP contribution in [0.15, 0.2) is 24.9 Å². The first-order valence-electron chi connectivity index (χ1n) is 4.12. The second-order valence-corrected chi connectivity index (χ2v) is 2.74. The summed E-state index contributed by atoms with van der Waals surface area (Å²) in [5, 5.41) is 0. The lowest BCUT2D eigenvalue weighted by atomic mass is 10.1. The summed E-state index contributed by atoms with van der Waals surface area (Å²) in [5.74, 6) is 0. The van der Waals surface area contributed by atoms with Gasteiger partial charge in [0.2, 0.25) is 0 Å². The van der Waals surface area contributed by atoms with Gasteiger partial charge >= 0.3 is 0 Å². The van der Waals surface area contributed by atoms with Crippen molar-refractivity contribution in [2.24, 2.45) is 5.73 Å². The number of aromatic nitrogens is 1. The van der Waals surface area contributed by atoms with Crippen LogP contribution in [-0.2, 0) is 0 Å². The zero-order chi connectivity index (χ0) is 8.97. The van der Waals surface area contributed by atoms with E-state index < -0.39 is 0 Å². The van der Waals surface area contributed by atoms with Crippen molar-refractivity contribution in [2.75, 3.05) is 0 Å². The number of nitrogens with two attached hydrogens (primary N) is 1. The fourth-order valence-corrected chi connectivity index (χ4v) is 0.966. The summed E-state index contributed by atoms with van der Waals surface area (Å²) in [6.45, 7) is 5.70. The van der Waals surface area contributed by atoms with Crippen molar-refractivity contribution in [3.8, 4) is 0 Å². The third-order valence-electron chi connectivity index (χ3n) is 1.86. The summed E-state index contributed by atoms with van der Waals surface area (Å²) in [5.41, 5.74) is 7.77. The van der Waals surface area contributed by atoms with Gasteiger partial charge in [-0.2, -0.15) is 0 Å². The summed E-state index contributed by atoms with van der Waals surface area (Å²) in [6.07, 6.45) is 4.48. The van der Waals surface area contributed by atoms with Crippen LogP contribution in [0.4, 0.5) is 0 Å². The molecule has 0 aliphatic heterocycles. The van der Waals surface area contributed by atoms with E-state index in [0.717, 1.165) is 17.7 Å². The van der Waals surface area contributed by atoms with Crippen molar-refractivity contribution < 1.29 is 0 Å². The van der Waals surface area contributed by atoms with Crippen molar-refractivity contribution in [3.05, 3.63) is 36.2 Å². The lowest BCUT2D eigenvalue weighted by Crippen LogP contribution is -2.10. The Kier molecular flexibility index (Phi) is 3.00. The van der Waals surface area contributed by atoms with Crippen LogP contribution in [0.1, 0.15) is 30.6 Å². The molecule has 1 heterocycles. The molecule has 2 nitrogen and oxygen atoms in total. The minimum atomic E-state index is 0.0591. The van der Waals surface area contributed by atoms with Crippen LogP contribution in [0.3, 0.4) is 0 Å². The van der Waals surface area contributed by atoms with E-state index in [4.69, 9.17) is 5.73 Å². The number of nitrogens with zero attached hydrogens (tertiary/aromatic N) is 1. The Hall–Kier alpha value is -1.15. The highest BCUT2D eigenvalue weighted by molar-refractivity contribution is 5.45. The van der Waals surface area contributed by atoms with Gasteiger partial charge in [-0.05, 0) is 18.1 Å². The molecule has 0 aliphatic carbocycles. The van der Waals surface area contributed by atoms with Gasteiger partial charge in [0.15, 0.2) is 0 Å². The van der Waals surface area contributed by atoms with E-state index in [9.17, 15) is 0 Å². The minimum absolute atomic E-state index is 0.0591. The first-order chi connectivity index (χ1) is 5.77. The SMILES string of the molecule is C=Cc1ccc(C(N)CC)nc1. The highest BCUT2D eigenvalue weighted by Gasteiger charge is 2.02. The van der Waals surface area contributed by atoms with Crippen LogP contribution in [0, 0.1) is 0 Å². The molecule has 0 saturated heterocycles. The van der Waals surface area contributed by atoms with Gasteiger partial charge in [0, 0.05) is 12.2 Å². The van der Waals surface area contributed by atoms with E-state index in [1.807, 2.05) is 19.1 Å². The molecule has 12 heavy (non-hydrogen) atoms. The first kappa shape index (κ1) is 8.94. The van der Waals surface area contributed by atoms with E-state index in [2.05, 4.69) is 11.6 Å². The first-order valence-corrected chi connectivity index (χ1v) is 4.12. The van der Waals surface area contributed by atoms with E-state index in [1.54, 1.807) is 12.3 Å². The predicted molar refractivity (Wildman–Crippen MR) is 51.5 cm³/mol. The fraction of sp³-hybridized carbons (Fsp3) is 0.300. The van der Waals surface area contributed by atoms with Crippen LogP contribution in [-0.4, -0.2) is 4.98 Å². The van der Waals surface area contributed by atoms with Crippen LogP contribution < -0.4 is 5.73 Å². The second kappa shape index (κ2) is 4.02. The van der Waals surface area contributed by atoms with E-state index in [0.29, 0.717) is 0 Å². The Balaban J connectivity index is 2.84. The van der Waals surface area contributed by atoms with Gasteiger partial charge in [0.1, 0.15) is 0 Å². The molecule has 2 N–H and O–H groups in total. The molecule has 0 radical (unpaired) electrons. The highest BCUT2D eigenvalue weighted by Crippen LogP contribution is 2.11. The summed E-state index contributed by atoms with van der Waals surface area (Å²) in [4.78, 5) is 4.22. The highest BCUT2D eigenvalue weighted by atomic mass is 14.8. The summed E-state index contributed by atoms with van der Waals surface area (Å²) >= 11 is 0. The molecule has 2 heteroatoms. The third kappa shape index (κ3) is 1.92. The lowest BCUT2D eigenvalue weighted by molar-refractivity contribution is 0.675. The van der Waals surface area contributed by atoms with E-state index in [1.165, 1.54) is 0 Å². The van der Waals surface area contributed by atoms with Crippen LogP contribution in [0.25, 0.3) is 6.08 Å². The van der Waals surface area contributed by atoms with Crippen molar-refractivity contribution in [1.29, 1.82) is 0 Å². The molecule has 1 rings (SSSR count). The molecule has 0 aliphatic rings. The largest absolute Gasteiger partial charge is 0.323 e. The quantitative estimate of drug-likeness (QED) is 0.739. The summed E-state index contributed by atoms with van der Waals surface area (Å²) in [6, 6.07) is 3.99. The van der Waals surface area contributed by atoms with Gasteiger partial charge in [-0.1, -0.05) is 25.6 Å². The van der Waals surface area contributed by atoms with Gasteiger partial charge < -0.3 is 5.73 Å². The molecule has 1 atom stereocenters. The van der Waals surface area contributed by atoms with Gasteiger partial charge in [-0.25, -0.2) is 0 Å². The summed E-state index contributed by atoms with van der Waals surface area (Å²) in [7, 11) is 0. The average Bonchev–Trinajstić information content (AvgIpc) is 2.17. The van der Waals surface area contributed by atoms with Crippen LogP contribution in [0.2, 0.25) is 0 Å². The van der Waals surface area contributed by atoms with Gasteiger partial charge in [-0.3, -0.25) is 4.98 Å². The molecular weight excluding hydrogens is 148 g/mol. The Labute approximate surface area is 73.1 Å². The molecular formula is C10H14N2. The maximum Gasteiger partial charge on any atom is 0.0571 e. The second-order valence-electron chi connectivity index (χ2n) is 2.74. The molecule has 0 saturated carbocycles. The van der Waals surface area contributed by atoms with Crippen LogP contribution >= 0.6 is 0 Å². The van der Waals surface area contributed by atoms with Crippen molar-refractivity contribution in [3.63, 3.8) is 0 Å². The van der Waals surface area contributed by atoms with Gasteiger partial charge in [-0.15, -0.1) is 0 Å². The van der Waals surface area contributed by atoms with E-state index in [-0.39, 0.29) is 6.04 Å². The summed E-state index contributed by atoms with van der Waals surface area (Å²) < 4.78 is 0. The maximum atomic E-state index is 5.80. The van der Waals surface area contributed by atoms with Crippen molar-refractivity contribution in [1.82, 2.24) is 4.98 Å². The molecule has 0 bridgehead atoms. The Morgan fingerprint density at radius 2 is 2.42 bits per heavy atom.